The first-order valence-corrected chi connectivity index (χ1v) is 7.79. The lowest BCUT2D eigenvalue weighted by Crippen LogP contribution is -2.34. The monoisotopic (exact) mass is 292 g/mol. The summed E-state index contributed by atoms with van der Waals surface area (Å²) in [6.07, 6.45) is 4.44. The van der Waals surface area contributed by atoms with E-state index in [1.165, 1.54) is 12.5 Å². The Hall–Kier alpha value is -1.85. The molecular formula is C15H24N4O2. The Balaban J connectivity index is 2.17. The minimum atomic E-state index is -0.346. The van der Waals surface area contributed by atoms with Gasteiger partial charge >= 0.3 is 0 Å². The maximum Gasteiger partial charge on any atom is 0.276 e. The van der Waals surface area contributed by atoms with Crippen molar-refractivity contribution in [1.82, 2.24) is 4.98 Å². The fourth-order valence-corrected chi connectivity index (χ4v) is 2.68. The summed E-state index contributed by atoms with van der Waals surface area (Å²) in [4.78, 5) is 17.4. The Morgan fingerprint density at radius 1 is 1.38 bits per heavy atom. The van der Waals surface area contributed by atoms with Gasteiger partial charge in [-0.15, -0.1) is 0 Å². The maximum atomic E-state index is 11.1. The van der Waals surface area contributed by atoms with Gasteiger partial charge in [-0.1, -0.05) is 20.3 Å². The van der Waals surface area contributed by atoms with Crippen molar-refractivity contribution >= 4 is 17.3 Å². The number of hydrogen-bond acceptors (Lipinski definition) is 5. The molecule has 0 unspecified atom stereocenters. The predicted molar refractivity (Wildman–Crippen MR) is 84.9 cm³/mol. The van der Waals surface area contributed by atoms with E-state index in [-0.39, 0.29) is 10.6 Å². The average molecular weight is 292 g/mol. The van der Waals surface area contributed by atoms with Crippen LogP contribution >= 0.6 is 0 Å². The molecule has 0 aromatic carbocycles. The summed E-state index contributed by atoms with van der Waals surface area (Å²) in [5, 5.41) is 14.2. The van der Waals surface area contributed by atoms with E-state index in [2.05, 4.69) is 29.0 Å². The van der Waals surface area contributed by atoms with Crippen molar-refractivity contribution in [2.45, 2.75) is 39.5 Å². The van der Waals surface area contributed by atoms with E-state index in [0.29, 0.717) is 5.82 Å². The minimum Gasteiger partial charge on any atom is -0.370 e. The summed E-state index contributed by atoms with van der Waals surface area (Å²) >= 11 is 0. The van der Waals surface area contributed by atoms with Gasteiger partial charge in [0.25, 0.3) is 5.69 Å². The van der Waals surface area contributed by atoms with Gasteiger partial charge in [0.15, 0.2) is 0 Å². The standard InChI is InChI=1S/C15H24N4O2/c1-3-7-16-14-10-13(19(20)21)11-15(17-14)18-8-5-12(4-2)6-9-18/h10-12H,3-9H2,1-2H3,(H,16,17). The summed E-state index contributed by atoms with van der Waals surface area (Å²) in [5.74, 6) is 2.09. The molecule has 0 bridgehead atoms. The largest absolute Gasteiger partial charge is 0.370 e. The van der Waals surface area contributed by atoms with Crippen molar-refractivity contribution in [2.75, 3.05) is 29.9 Å². The van der Waals surface area contributed by atoms with Crippen LogP contribution in [-0.4, -0.2) is 29.5 Å². The second-order valence-corrected chi connectivity index (χ2v) is 5.59. The Morgan fingerprint density at radius 3 is 2.67 bits per heavy atom. The second kappa shape index (κ2) is 7.24. The van der Waals surface area contributed by atoms with Crippen LogP contribution in [0.2, 0.25) is 0 Å². The number of rotatable bonds is 6. The summed E-state index contributed by atoms with van der Waals surface area (Å²) in [7, 11) is 0. The molecule has 0 radical (unpaired) electrons. The molecule has 0 amide bonds. The highest BCUT2D eigenvalue weighted by atomic mass is 16.6. The van der Waals surface area contributed by atoms with Crippen LogP contribution in [0.1, 0.15) is 39.5 Å². The van der Waals surface area contributed by atoms with Crippen LogP contribution in [0.15, 0.2) is 12.1 Å². The molecule has 1 aromatic rings. The molecule has 6 heteroatoms. The molecule has 1 aliphatic rings. The zero-order valence-corrected chi connectivity index (χ0v) is 12.8. The number of anilines is 2. The smallest absolute Gasteiger partial charge is 0.276 e. The van der Waals surface area contributed by atoms with Crippen LogP contribution in [0.5, 0.6) is 0 Å². The van der Waals surface area contributed by atoms with E-state index in [1.54, 1.807) is 6.07 Å². The van der Waals surface area contributed by atoms with Gasteiger partial charge in [0.1, 0.15) is 11.6 Å². The van der Waals surface area contributed by atoms with Crippen LogP contribution in [-0.2, 0) is 0 Å². The lowest BCUT2D eigenvalue weighted by molar-refractivity contribution is -0.384. The first-order valence-electron chi connectivity index (χ1n) is 7.79. The van der Waals surface area contributed by atoms with Crippen LogP contribution in [0.25, 0.3) is 0 Å². The van der Waals surface area contributed by atoms with Gasteiger partial charge in [-0.2, -0.15) is 0 Å². The number of aromatic nitrogens is 1. The zero-order valence-electron chi connectivity index (χ0n) is 12.8. The number of nitro groups is 1. The Kier molecular flexibility index (Phi) is 5.36. The van der Waals surface area contributed by atoms with E-state index in [0.717, 1.165) is 50.6 Å². The van der Waals surface area contributed by atoms with Crippen molar-refractivity contribution in [3.63, 3.8) is 0 Å². The number of hydrogen-bond donors (Lipinski definition) is 1. The van der Waals surface area contributed by atoms with Gasteiger partial charge in [-0.3, -0.25) is 10.1 Å². The fourth-order valence-electron chi connectivity index (χ4n) is 2.68. The molecule has 0 aliphatic carbocycles. The Morgan fingerprint density at radius 2 is 2.10 bits per heavy atom. The van der Waals surface area contributed by atoms with Crippen LogP contribution < -0.4 is 10.2 Å². The summed E-state index contributed by atoms with van der Waals surface area (Å²) in [6, 6.07) is 3.10. The molecule has 1 fully saturated rings. The Labute approximate surface area is 125 Å². The first-order chi connectivity index (χ1) is 10.1. The maximum absolute atomic E-state index is 11.1. The van der Waals surface area contributed by atoms with Gasteiger partial charge in [-0.25, -0.2) is 4.98 Å². The topological polar surface area (TPSA) is 71.3 Å². The lowest BCUT2D eigenvalue weighted by Gasteiger charge is -2.32. The number of nitrogens with zero attached hydrogens (tertiary/aromatic N) is 3. The average Bonchev–Trinajstić information content (AvgIpc) is 2.52. The summed E-state index contributed by atoms with van der Waals surface area (Å²) in [6.45, 7) is 6.91. The highest BCUT2D eigenvalue weighted by molar-refractivity contribution is 5.56. The summed E-state index contributed by atoms with van der Waals surface area (Å²) < 4.78 is 0. The molecule has 1 aliphatic heterocycles. The summed E-state index contributed by atoms with van der Waals surface area (Å²) in [5.41, 5.74) is 0.108. The van der Waals surface area contributed by atoms with E-state index >= 15 is 0 Å². The molecule has 6 nitrogen and oxygen atoms in total. The third kappa shape index (κ3) is 4.06. The molecule has 1 aromatic heterocycles. The van der Waals surface area contributed by atoms with E-state index in [1.807, 2.05) is 0 Å². The van der Waals surface area contributed by atoms with Gasteiger partial charge in [-0.05, 0) is 25.2 Å². The van der Waals surface area contributed by atoms with Crippen LogP contribution in [0.4, 0.5) is 17.3 Å². The number of piperidine rings is 1. The predicted octanol–water partition coefficient (Wildman–Crippen LogP) is 3.44. The molecule has 2 heterocycles. The molecule has 1 N–H and O–H groups in total. The zero-order chi connectivity index (χ0) is 15.2. The van der Waals surface area contributed by atoms with Gasteiger partial charge in [0, 0.05) is 19.6 Å². The number of pyridine rings is 1. The quantitative estimate of drug-likeness (QED) is 0.642. The van der Waals surface area contributed by atoms with Crippen molar-refractivity contribution in [3.8, 4) is 0 Å². The number of nitrogens with one attached hydrogen (secondary N) is 1. The highest BCUT2D eigenvalue weighted by Crippen LogP contribution is 2.28. The first kappa shape index (κ1) is 15.5. The molecular weight excluding hydrogens is 268 g/mol. The van der Waals surface area contributed by atoms with Crippen molar-refractivity contribution < 1.29 is 4.92 Å². The van der Waals surface area contributed by atoms with Crippen molar-refractivity contribution in [3.05, 3.63) is 22.2 Å². The van der Waals surface area contributed by atoms with Crippen LogP contribution in [0.3, 0.4) is 0 Å². The van der Waals surface area contributed by atoms with Crippen molar-refractivity contribution in [1.29, 1.82) is 0 Å². The van der Waals surface area contributed by atoms with Crippen LogP contribution in [0, 0.1) is 16.0 Å². The highest BCUT2D eigenvalue weighted by Gasteiger charge is 2.21. The van der Waals surface area contributed by atoms with Gasteiger partial charge in [0.05, 0.1) is 17.1 Å². The molecule has 2 rings (SSSR count). The Bertz CT molecular complexity index is 485. The van der Waals surface area contributed by atoms with Crippen molar-refractivity contribution in [2.24, 2.45) is 5.92 Å². The SMILES string of the molecule is CCCNc1cc([N+](=O)[O-])cc(N2CCC(CC)CC2)n1. The molecule has 0 atom stereocenters. The minimum absolute atomic E-state index is 0.108. The van der Waals surface area contributed by atoms with Gasteiger partial charge < -0.3 is 10.2 Å². The van der Waals surface area contributed by atoms with E-state index < -0.39 is 0 Å². The molecule has 0 saturated carbocycles. The second-order valence-electron chi connectivity index (χ2n) is 5.59. The third-order valence-corrected chi connectivity index (χ3v) is 4.08. The van der Waals surface area contributed by atoms with Gasteiger partial charge in [0.2, 0.25) is 0 Å². The van der Waals surface area contributed by atoms with E-state index in [4.69, 9.17) is 0 Å². The molecule has 116 valence electrons. The molecule has 21 heavy (non-hydrogen) atoms. The molecule has 1 saturated heterocycles. The molecule has 0 spiro atoms. The lowest BCUT2D eigenvalue weighted by atomic mass is 9.94. The third-order valence-electron chi connectivity index (χ3n) is 4.08. The normalized spacial score (nSPS) is 16.0. The van der Waals surface area contributed by atoms with E-state index in [9.17, 15) is 10.1 Å². The fraction of sp³-hybridized carbons (Fsp3) is 0.667.